The third-order valence-electron chi connectivity index (χ3n) is 6.88. The van der Waals surface area contributed by atoms with Crippen molar-refractivity contribution >= 4 is 28.5 Å². The van der Waals surface area contributed by atoms with Crippen LogP contribution in [0.15, 0.2) is 42.5 Å². The zero-order chi connectivity index (χ0) is 26.1. The van der Waals surface area contributed by atoms with Crippen LogP contribution in [0.3, 0.4) is 0 Å². The molecule has 36 heavy (non-hydrogen) atoms. The second-order valence-corrected chi connectivity index (χ2v) is 10.4. The van der Waals surface area contributed by atoms with Crippen LogP contribution in [-0.4, -0.2) is 53.6 Å². The fraction of sp³-hybridized carbons (Fsp3) is 0.536. The Labute approximate surface area is 213 Å². The molecule has 1 aliphatic carbocycles. The highest BCUT2D eigenvalue weighted by Crippen LogP contribution is 2.26. The van der Waals surface area contributed by atoms with Crippen LogP contribution in [-0.2, 0) is 20.8 Å². The van der Waals surface area contributed by atoms with E-state index in [2.05, 4.69) is 16.0 Å². The van der Waals surface area contributed by atoms with Crippen LogP contribution in [0.1, 0.15) is 57.9 Å². The SMILES string of the molecule is CC(C)(NC(=O)CC1CCCCC1)C(=O)NC(Cc1ccc2ccccc2c1)C(=O)NCC(O)CN. The first-order valence-corrected chi connectivity index (χ1v) is 12.9. The van der Waals surface area contributed by atoms with Gasteiger partial charge in [0, 0.05) is 25.9 Å². The van der Waals surface area contributed by atoms with Gasteiger partial charge in [-0.15, -0.1) is 0 Å². The molecule has 2 aromatic rings. The summed E-state index contributed by atoms with van der Waals surface area (Å²) in [6, 6.07) is 12.9. The Morgan fingerprint density at radius 2 is 1.75 bits per heavy atom. The van der Waals surface area contributed by atoms with Crippen LogP contribution in [0, 0.1) is 5.92 Å². The fourth-order valence-electron chi connectivity index (χ4n) is 4.68. The summed E-state index contributed by atoms with van der Waals surface area (Å²) in [6.07, 6.45) is 5.39. The van der Waals surface area contributed by atoms with Gasteiger partial charge < -0.3 is 26.8 Å². The molecule has 0 bridgehead atoms. The van der Waals surface area contributed by atoms with Crippen molar-refractivity contribution in [2.45, 2.75) is 76.5 Å². The fourth-order valence-corrected chi connectivity index (χ4v) is 4.68. The van der Waals surface area contributed by atoms with E-state index in [1.807, 2.05) is 42.5 Å². The van der Waals surface area contributed by atoms with Crippen LogP contribution in [0.25, 0.3) is 10.8 Å². The summed E-state index contributed by atoms with van der Waals surface area (Å²) in [4.78, 5) is 38.9. The molecule has 8 nitrogen and oxygen atoms in total. The van der Waals surface area contributed by atoms with E-state index in [9.17, 15) is 19.5 Å². The third-order valence-corrected chi connectivity index (χ3v) is 6.88. The van der Waals surface area contributed by atoms with Crippen LogP contribution in [0.5, 0.6) is 0 Å². The second-order valence-electron chi connectivity index (χ2n) is 10.4. The number of hydrogen-bond acceptors (Lipinski definition) is 5. The van der Waals surface area contributed by atoms with E-state index < -0.39 is 29.5 Å². The Hall–Kier alpha value is -2.97. The average Bonchev–Trinajstić information content (AvgIpc) is 2.86. The first-order valence-electron chi connectivity index (χ1n) is 12.9. The van der Waals surface area contributed by atoms with E-state index in [1.54, 1.807) is 13.8 Å². The zero-order valence-electron chi connectivity index (χ0n) is 21.4. The smallest absolute Gasteiger partial charge is 0.245 e. The average molecular weight is 497 g/mol. The Kier molecular flexibility index (Phi) is 9.84. The molecular formula is C28H40N4O4. The molecule has 196 valence electrons. The van der Waals surface area contributed by atoms with E-state index >= 15 is 0 Å². The normalized spacial score (nSPS) is 16.2. The maximum atomic E-state index is 13.2. The summed E-state index contributed by atoms with van der Waals surface area (Å²) in [5.41, 5.74) is 5.14. The first kappa shape index (κ1) is 27.6. The number of amides is 3. The summed E-state index contributed by atoms with van der Waals surface area (Å²) in [7, 11) is 0. The maximum absolute atomic E-state index is 13.2. The molecule has 1 aliphatic rings. The largest absolute Gasteiger partial charge is 0.390 e. The number of aliphatic hydroxyl groups excluding tert-OH is 1. The number of carbonyl (C=O) groups excluding carboxylic acids is 3. The minimum absolute atomic E-state index is 0.0130. The van der Waals surface area contributed by atoms with Crippen LogP contribution in [0.2, 0.25) is 0 Å². The van der Waals surface area contributed by atoms with Gasteiger partial charge in [-0.2, -0.15) is 0 Å². The standard InChI is InChI=1S/C28H40N4O4/c1-28(2,32-25(34)16-19-8-4-3-5-9-19)27(36)31-24(26(35)30-18-23(33)17-29)15-20-12-13-21-10-6-7-11-22(21)14-20/h6-7,10-14,19,23-24,33H,3-5,8-9,15-18,29H2,1-2H3,(H,30,35)(H,31,36)(H,32,34). The van der Waals surface area contributed by atoms with Crippen molar-refractivity contribution in [2.24, 2.45) is 11.7 Å². The van der Waals surface area contributed by atoms with Gasteiger partial charge in [0.2, 0.25) is 17.7 Å². The zero-order valence-corrected chi connectivity index (χ0v) is 21.4. The summed E-state index contributed by atoms with van der Waals surface area (Å²) in [6.45, 7) is 3.29. The highest BCUT2D eigenvalue weighted by Gasteiger charge is 2.33. The van der Waals surface area contributed by atoms with Crippen molar-refractivity contribution in [3.63, 3.8) is 0 Å². The minimum atomic E-state index is -1.19. The van der Waals surface area contributed by atoms with E-state index in [0.29, 0.717) is 12.3 Å². The molecule has 0 aliphatic heterocycles. The quantitative estimate of drug-likeness (QED) is 0.325. The number of nitrogens with two attached hydrogens (primary N) is 1. The molecule has 0 aromatic heterocycles. The summed E-state index contributed by atoms with van der Waals surface area (Å²) >= 11 is 0. The summed E-state index contributed by atoms with van der Waals surface area (Å²) in [5, 5.41) is 20.2. The summed E-state index contributed by atoms with van der Waals surface area (Å²) < 4.78 is 0. The number of rotatable bonds is 11. The lowest BCUT2D eigenvalue weighted by atomic mass is 9.86. The molecule has 3 amide bonds. The maximum Gasteiger partial charge on any atom is 0.245 e. The van der Waals surface area contributed by atoms with Crippen LogP contribution < -0.4 is 21.7 Å². The molecule has 3 rings (SSSR count). The summed E-state index contributed by atoms with van der Waals surface area (Å²) in [5.74, 6) is -0.658. The molecule has 0 saturated heterocycles. The first-order chi connectivity index (χ1) is 17.2. The lowest BCUT2D eigenvalue weighted by Gasteiger charge is -2.29. The molecule has 2 unspecified atom stereocenters. The number of benzene rings is 2. The number of hydrogen-bond donors (Lipinski definition) is 5. The third kappa shape index (κ3) is 8.03. The molecule has 0 heterocycles. The Morgan fingerprint density at radius 1 is 1.06 bits per heavy atom. The van der Waals surface area contributed by atoms with Gasteiger partial charge in [-0.05, 0) is 48.9 Å². The van der Waals surface area contributed by atoms with Crippen molar-refractivity contribution in [2.75, 3.05) is 13.1 Å². The van der Waals surface area contributed by atoms with Gasteiger partial charge in [0.1, 0.15) is 11.6 Å². The Balaban J connectivity index is 1.69. The van der Waals surface area contributed by atoms with Crippen molar-refractivity contribution in [1.82, 2.24) is 16.0 Å². The van der Waals surface area contributed by atoms with E-state index in [0.717, 1.165) is 42.0 Å². The van der Waals surface area contributed by atoms with Gasteiger partial charge in [-0.1, -0.05) is 61.7 Å². The van der Waals surface area contributed by atoms with Gasteiger partial charge in [0.15, 0.2) is 0 Å². The highest BCUT2D eigenvalue weighted by atomic mass is 16.3. The molecule has 2 atom stereocenters. The van der Waals surface area contributed by atoms with Gasteiger partial charge >= 0.3 is 0 Å². The van der Waals surface area contributed by atoms with Crippen LogP contribution >= 0.6 is 0 Å². The lowest BCUT2D eigenvalue weighted by Crippen LogP contribution is -2.59. The van der Waals surface area contributed by atoms with Crippen molar-refractivity contribution in [3.8, 4) is 0 Å². The number of carbonyl (C=O) groups is 3. The predicted octanol–water partition coefficient (Wildman–Crippen LogP) is 2.17. The van der Waals surface area contributed by atoms with Crippen molar-refractivity contribution in [1.29, 1.82) is 0 Å². The number of aliphatic hydroxyl groups is 1. The molecular weight excluding hydrogens is 456 g/mol. The molecule has 8 heteroatoms. The molecule has 2 aromatic carbocycles. The topological polar surface area (TPSA) is 134 Å². The molecule has 6 N–H and O–H groups in total. The van der Waals surface area contributed by atoms with Gasteiger partial charge in [0.25, 0.3) is 0 Å². The van der Waals surface area contributed by atoms with Gasteiger partial charge in [-0.25, -0.2) is 0 Å². The van der Waals surface area contributed by atoms with E-state index in [4.69, 9.17) is 5.73 Å². The Morgan fingerprint density at radius 3 is 2.44 bits per heavy atom. The lowest BCUT2D eigenvalue weighted by molar-refractivity contribution is -0.135. The number of fused-ring (bicyclic) bond motifs is 1. The molecule has 1 fully saturated rings. The van der Waals surface area contributed by atoms with Gasteiger partial charge in [-0.3, -0.25) is 14.4 Å². The highest BCUT2D eigenvalue weighted by molar-refractivity contribution is 5.94. The van der Waals surface area contributed by atoms with Gasteiger partial charge in [0.05, 0.1) is 6.10 Å². The monoisotopic (exact) mass is 496 g/mol. The van der Waals surface area contributed by atoms with Crippen LogP contribution in [0.4, 0.5) is 0 Å². The van der Waals surface area contributed by atoms with E-state index in [-0.39, 0.29) is 25.4 Å². The second kappa shape index (κ2) is 12.8. The van der Waals surface area contributed by atoms with Crippen molar-refractivity contribution in [3.05, 3.63) is 48.0 Å². The molecule has 1 saturated carbocycles. The minimum Gasteiger partial charge on any atom is -0.390 e. The molecule has 0 radical (unpaired) electrons. The Bertz CT molecular complexity index is 1050. The number of nitrogens with one attached hydrogen (secondary N) is 3. The predicted molar refractivity (Wildman–Crippen MR) is 141 cm³/mol. The molecule has 0 spiro atoms. The van der Waals surface area contributed by atoms with Crippen molar-refractivity contribution < 1.29 is 19.5 Å². The van der Waals surface area contributed by atoms with E-state index in [1.165, 1.54) is 6.42 Å².